The van der Waals surface area contributed by atoms with E-state index in [1.165, 1.54) is 0 Å². The number of aromatic nitrogens is 3. The molecule has 43 nitrogen and oxygen atoms in total. The van der Waals surface area contributed by atoms with E-state index < -0.39 is 128 Å². The summed E-state index contributed by atoms with van der Waals surface area (Å²) in [5, 5.41) is 110. The van der Waals surface area contributed by atoms with Crippen LogP contribution in [0.25, 0.3) is 11.3 Å². The highest BCUT2D eigenvalue weighted by molar-refractivity contribution is 14.1. The highest BCUT2D eigenvalue weighted by Crippen LogP contribution is 2.22. The number of anilines is 2. The van der Waals surface area contributed by atoms with Gasteiger partial charge in [0, 0.05) is 105 Å². The molecule has 1 aromatic heterocycles. The summed E-state index contributed by atoms with van der Waals surface area (Å²) in [5.74, 6) is -11.2. The molecule has 2 heterocycles. The number of carboxylic acid groups (broad SMARTS) is 8. The van der Waals surface area contributed by atoms with Crippen LogP contribution >= 0.6 is 34.8 Å². The monoisotopic (exact) mass is 1890 g/mol. The van der Waals surface area contributed by atoms with E-state index in [1.54, 1.807) is 79.0 Å². The Morgan fingerprint density at radius 2 is 0.928 bits per heavy atom. The van der Waals surface area contributed by atoms with Gasteiger partial charge in [-0.15, -0.1) is 5.10 Å². The first-order valence-electron chi connectivity index (χ1n) is 41.0. The predicted octanol–water partition coefficient (Wildman–Crippen LogP) is 1.61. The molecular weight excluding hydrogens is 1780 g/mol. The van der Waals surface area contributed by atoms with Crippen LogP contribution in [0.4, 0.5) is 21.0 Å². The van der Waals surface area contributed by atoms with Gasteiger partial charge in [-0.3, -0.25) is 58.0 Å². The maximum absolute atomic E-state index is 13.9. The zero-order valence-electron chi connectivity index (χ0n) is 69.6. The number of ether oxygens (including phenoxy) is 6. The van der Waals surface area contributed by atoms with Crippen LogP contribution in [0.5, 0.6) is 0 Å². The van der Waals surface area contributed by atoms with Gasteiger partial charge in [-0.05, 0) is 153 Å². The molecule has 7 amide bonds. The summed E-state index contributed by atoms with van der Waals surface area (Å²) < 4.78 is 36.3. The fraction of sp³-hybridized carbons (Fsp3) is 0.575. The number of nitrogens with one attached hydrogen (secondary N) is 9. The first-order valence-corrected chi connectivity index (χ1v) is 42.5. The smallest absolute Gasteiger partial charge is 0.326 e. The average molecular weight is 1890 g/mol. The molecule has 1 fully saturated rings. The standard InChI is InChI=1S/C80H117IN16O27S/c81-58-17-13-56(14-18-58)47-68(99)82-24-4-2-11-63(75(111)112)88-74(110)62(10-1-6-26-84-80(125)86-59-19-15-55(16-20-59)46-61-49-95(53-72(106)107)30-29-93(51-70(102)103)27-28-94(52-71(104)105)31-32-96(61)54-73(108)109)87-67(98)23-34-119-36-38-121-40-42-123-44-45-124-43-41-122-39-37-120-35-33-97-50-66(91-92-97)57-8-7-9-60(48-57)85-78(117)83-25-5-3-12-64(76(113)114)89-79(118)90-65(77(115)116)21-22-69(100)101/h7-9,13-20,48,50,61-65H,1-6,10-12,21-47,49,51-54H2,(H,82,99)(H,87,98)(H,88,110)(H,100,101)(H,102,103)(H,104,105)(H,106,107)(H,108,109)(H,111,112)(H,113,114)(H,115,116)(H2,83,85,117)(H2,84,86,125)(H2,89,90,118)/t61?,62-,63-,64-,65-/m0/s1. The molecule has 0 saturated carbocycles. The van der Waals surface area contributed by atoms with Crippen molar-refractivity contribution in [2.75, 3.05) is 182 Å². The van der Waals surface area contributed by atoms with E-state index in [-0.39, 0.29) is 154 Å². The van der Waals surface area contributed by atoms with Gasteiger partial charge in [0.05, 0.1) is 125 Å². The average Bonchev–Trinajstić information content (AvgIpc) is 1.25. The Kier molecular flexibility index (Phi) is 51.3. The van der Waals surface area contributed by atoms with Gasteiger partial charge in [-0.25, -0.2) is 28.7 Å². The number of carbonyl (C=O) groups is 13. The third-order valence-corrected chi connectivity index (χ3v) is 20.0. The number of hydrogen-bond donors (Lipinski definition) is 17. The van der Waals surface area contributed by atoms with Crippen LogP contribution in [-0.2, 0) is 101 Å². The second kappa shape index (κ2) is 61.0. The third-order valence-electron chi connectivity index (χ3n) is 19.1. The number of carboxylic acids is 8. The number of rotatable bonds is 62. The molecule has 0 bridgehead atoms. The van der Waals surface area contributed by atoms with Crippen molar-refractivity contribution in [2.24, 2.45) is 0 Å². The Morgan fingerprint density at radius 1 is 0.448 bits per heavy atom. The number of aliphatic carboxylic acids is 8. The molecular formula is C80H117IN16O27S. The zero-order chi connectivity index (χ0) is 91.1. The van der Waals surface area contributed by atoms with Crippen LogP contribution < -0.4 is 47.9 Å². The Hall–Kier alpha value is -10.5. The van der Waals surface area contributed by atoms with Gasteiger partial charge in [0.1, 0.15) is 29.9 Å². The lowest BCUT2D eigenvalue weighted by Crippen LogP contribution is -2.53. The molecule has 17 N–H and O–H groups in total. The molecule has 1 saturated heterocycles. The quantitative estimate of drug-likeness (QED) is 0.0170. The zero-order valence-corrected chi connectivity index (χ0v) is 72.6. The number of thiocarbonyl (C=S) groups is 1. The first-order chi connectivity index (χ1) is 60.0. The van der Waals surface area contributed by atoms with E-state index in [2.05, 4.69) is 80.8 Å². The van der Waals surface area contributed by atoms with Gasteiger partial charge >= 0.3 is 59.8 Å². The molecule has 125 heavy (non-hydrogen) atoms. The molecule has 0 spiro atoms. The molecule has 0 aliphatic carbocycles. The number of urea groups is 2. The molecule has 45 heteroatoms. The van der Waals surface area contributed by atoms with Crippen LogP contribution in [0.3, 0.4) is 0 Å². The molecule has 3 aromatic carbocycles. The van der Waals surface area contributed by atoms with Crippen molar-refractivity contribution in [3.63, 3.8) is 0 Å². The van der Waals surface area contributed by atoms with E-state index >= 15 is 0 Å². The van der Waals surface area contributed by atoms with E-state index in [4.69, 9.17) is 45.7 Å². The largest absolute Gasteiger partial charge is 0.481 e. The van der Waals surface area contributed by atoms with Crippen molar-refractivity contribution >= 4 is 129 Å². The predicted molar refractivity (Wildman–Crippen MR) is 462 cm³/mol. The summed E-state index contributed by atoms with van der Waals surface area (Å²) in [6.07, 6.45) is 3.54. The summed E-state index contributed by atoms with van der Waals surface area (Å²) in [4.78, 5) is 166. The topological polar surface area (TPSA) is 591 Å². The SMILES string of the molecule is O=C(O)CC[C@H](NC(=O)N[C@@H](CCCCNC(=O)Nc1cccc(-c2cn(CCOCCOCCOCCOCCOCCOCCC(=O)N[C@@H](CCCCNC(=S)Nc3ccc(CC4CN(CC(=O)O)CCN(CC(=O)O)CCN(CC(=O)O)CCN4CC(=O)O)cc3)C(=O)N[C@@H](CCCCNC(=O)Cc3ccc(I)cc3)C(=O)O)nn2)c1)C(=O)O)C(=O)O. The Labute approximate surface area is 741 Å². The van der Waals surface area contributed by atoms with E-state index in [9.17, 15) is 98.1 Å². The number of benzene rings is 3. The second-order valence-corrected chi connectivity index (χ2v) is 30.7. The Morgan fingerprint density at radius 3 is 1.47 bits per heavy atom. The minimum Gasteiger partial charge on any atom is -0.481 e. The third kappa shape index (κ3) is 48.0. The Bertz CT molecular complexity index is 4030. The van der Waals surface area contributed by atoms with Crippen molar-refractivity contribution in [1.82, 2.24) is 71.8 Å². The van der Waals surface area contributed by atoms with Gasteiger partial charge < -0.3 is 117 Å². The molecule has 0 radical (unpaired) electrons. The molecule has 1 aliphatic heterocycles. The van der Waals surface area contributed by atoms with E-state index in [1.807, 2.05) is 24.3 Å². The number of amides is 7. The number of nitrogens with zero attached hydrogens (tertiary/aromatic N) is 7. The summed E-state index contributed by atoms with van der Waals surface area (Å²) in [7, 11) is 0. The molecule has 1 unspecified atom stereocenters. The van der Waals surface area contributed by atoms with Gasteiger partial charge in [0.25, 0.3) is 0 Å². The number of halogens is 1. The van der Waals surface area contributed by atoms with Crippen molar-refractivity contribution in [1.29, 1.82) is 0 Å². The van der Waals surface area contributed by atoms with Crippen LogP contribution in [-0.4, -0.2) is 359 Å². The number of unbranched alkanes of at least 4 members (excludes halogenated alkanes) is 3. The van der Waals surface area contributed by atoms with Gasteiger partial charge in [0.2, 0.25) is 17.7 Å². The van der Waals surface area contributed by atoms with Crippen molar-refractivity contribution in [3.05, 3.63) is 93.7 Å². The van der Waals surface area contributed by atoms with Gasteiger partial charge in [-0.1, -0.05) is 41.6 Å². The molecule has 4 aromatic rings. The number of carbonyl (C=O) groups excluding carboxylic acids is 5. The highest BCUT2D eigenvalue weighted by atomic mass is 127. The maximum atomic E-state index is 13.9. The van der Waals surface area contributed by atoms with E-state index in [0.29, 0.717) is 121 Å². The van der Waals surface area contributed by atoms with Crippen molar-refractivity contribution in [3.8, 4) is 11.3 Å². The maximum Gasteiger partial charge on any atom is 0.326 e. The minimum absolute atomic E-state index is 0.0103. The summed E-state index contributed by atoms with van der Waals surface area (Å²) in [6.45, 7) is 3.80. The van der Waals surface area contributed by atoms with Crippen molar-refractivity contribution < 1.29 is 132 Å². The van der Waals surface area contributed by atoms with Crippen LogP contribution in [0.1, 0.15) is 88.2 Å². The van der Waals surface area contributed by atoms with Crippen molar-refractivity contribution in [2.45, 2.75) is 127 Å². The second-order valence-electron chi connectivity index (χ2n) is 29.0. The van der Waals surface area contributed by atoms with Crippen LogP contribution in [0.2, 0.25) is 0 Å². The molecule has 5 atom stereocenters. The summed E-state index contributed by atoms with van der Waals surface area (Å²) in [6, 6.07) is 14.1. The Balaban J connectivity index is 0.957. The van der Waals surface area contributed by atoms with Gasteiger partial charge in [0.15, 0.2) is 5.11 Å². The lowest BCUT2D eigenvalue weighted by molar-refractivity contribution is -0.142. The summed E-state index contributed by atoms with van der Waals surface area (Å²) in [5.41, 5.74) is 3.89. The van der Waals surface area contributed by atoms with Gasteiger partial charge in [-0.2, -0.15) is 0 Å². The molecule has 1 aliphatic rings. The molecule has 692 valence electrons. The minimum atomic E-state index is -1.53. The van der Waals surface area contributed by atoms with E-state index in [0.717, 1.165) is 14.7 Å². The fourth-order valence-corrected chi connectivity index (χ4v) is 13.2. The van der Waals surface area contributed by atoms with Crippen LogP contribution in [0.15, 0.2) is 79.0 Å². The fourth-order valence-electron chi connectivity index (χ4n) is 12.6. The van der Waals surface area contributed by atoms with Crippen LogP contribution in [0, 0.1) is 3.57 Å². The summed E-state index contributed by atoms with van der Waals surface area (Å²) >= 11 is 7.78. The normalized spacial score (nSPS) is 14.6. The number of hydrogen-bond acceptors (Lipinski definition) is 26. The lowest BCUT2D eigenvalue weighted by Gasteiger charge is -2.37. The first kappa shape index (κ1) is 105. The highest BCUT2D eigenvalue weighted by Gasteiger charge is 2.31. The lowest BCUT2D eigenvalue weighted by atomic mass is 10.0. The molecule has 5 rings (SSSR count).